The highest BCUT2D eigenvalue weighted by molar-refractivity contribution is 5.91. The summed E-state index contributed by atoms with van der Waals surface area (Å²) in [5, 5.41) is 2.13. The molecule has 0 aliphatic rings. The third kappa shape index (κ3) is 2.77. The molecule has 0 saturated heterocycles. The summed E-state index contributed by atoms with van der Waals surface area (Å²) < 4.78 is 6.84. The zero-order valence-electron chi connectivity index (χ0n) is 11.8. The maximum Gasteiger partial charge on any atom is 0.403 e. The average molecular weight is 278 g/mol. The van der Waals surface area contributed by atoms with Gasteiger partial charge in [-0.1, -0.05) is 48.5 Å². The molecule has 3 rings (SSSR count). The van der Waals surface area contributed by atoms with E-state index in [1.807, 2.05) is 71.4 Å². The molecule has 0 N–H and O–H groups in total. The number of aromatic nitrogens is 1. The Balaban J connectivity index is 2.12. The number of rotatable bonds is 3. The molecule has 0 spiro atoms. The SMILES string of the molecule is COC(=O)c1cc2ccccc2c[n+]1Cc1ccccc1. The van der Waals surface area contributed by atoms with Gasteiger partial charge in [0, 0.05) is 17.0 Å². The van der Waals surface area contributed by atoms with E-state index in [0.717, 1.165) is 16.3 Å². The molecule has 1 heterocycles. The first-order valence-electron chi connectivity index (χ1n) is 6.82. The highest BCUT2D eigenvalue weighted by Gasteiger charge is 2.21. The Labute approximate surface area is 123 Å². The summed E-state index contributed by atoms with van der Waals surface area (Å²) in [6.45, 7) is 0.635. The van der Waals surface area contributed by atoms with Gasteiger partial charge in [0.15, 0.2) is 12.7 Å². The van der Waals surface area contributed by atoms with Crippen LogP contribution in [0.25, 0.3) is 10.8 Å². The van der Waals surface area contributed by atoms with Crippen molar-refractivity contribution in [2.75, 3.05) is 7.11 Å². The van der Waals surface area contributed by atoms with E-state index in [0.29, 0.717) is 12.2 Å². The van der Waals surface area contributed by atoms with Gasteiger partial charge in [-0.15, -0.1) is 0 Å². The summed E-state index contributed by atoms with van der Waals surface area (Å²) in [4.78, 5) is 12.0. The number of pyridine rings is 1. The Morgan fingerprint density at radius 1 is 1.00 bits per heavy atom. The fourth-order valence-corrected chi connectivity index (χ4v) is 2.42. The van der Waals surface area contributed by atoms with Gasteiger partial charge in [0.05, 0.1) is 7.11 Å². The van der Waals surface area contributed by atoms with E-state index in [4.69, 9.17) is 4.74 Å². The highest BCUT2D eigenvalue weighted by atomic mass is 16.5. The summed E-state index contributed by atoms with van der Waals surface area (Å²) in [5.74, 6) is -0.323. The van der Waals surface area contributed by atoms with Gasteiger partial charge >= 0.3 is 5.97 Å². The van der Waals surface area contributed by atoms with Crippen LogP contribution in [0.1, 0.15) is 16.1 Å². The van der Waals surface area contributed by atoms with Gasteiger partial charge in [0.1, 0.15) is 0 Å². The van der Waals surface area contributed by atoms with Crippen LogP contribution in [0.3, 0.4) is 0 Å². The number of hydrogen-bond acceptors (Lipinski definition) is 2. The Hall–Kier alpha value is -2.68. The van der Waals surface area contributed by atoms with Gasteiger partial charge in [0.25, 0.3) is 5.69 Å². The van der Waals surface area contributed by atoms with E-state index in [-0.39, 0.29) is 5.97 Å². The molecule has 3 aromatic rings. The van der Waals surface area contributed by atoms with Crippen LogP contribution in [-0.2, 0) is 11.3 Å². The number of carbonyl (C=O) groups is 1. The molecule has 104 valence electrons. The number of benzene rings is 2. The molecule has 0 aliphatic heterocycles. The topological polar surface area (TPSA) is 30.2 Å². The fraction of sp³-hybridized carbons (Fsp3) is 0.111. The molecule has 3 heteroatoms. The summed E-state index contributed by atoms with van der Waals surface area (Å²) >= 11 is 0. The first-order valence-corrected chi connectivity index (χ1v) is 6.82. The zero-order chi connectivity index (χ0) is 14.7. The second-order valence-electron chi connectivity index (χ2n) is 4.89. The lowest BCUT2D eigenvalue weighted by molar-refractivity contribution is -0.689. The predicted molar refractivity (Wildman–Crippen MR) is 81.0 cm³/mol. The second kappa shape index (κ2) is 5.75. The molecule has 0 fully saturated rings. The largest absolute Gasteiger partial charge is 0.461 e. The number of methoxy groups -OCH3 is 1. The third-order valence-electron chi connectivity index (χ3n) is 3.48. The predicted octanol–water partition coefficient (Wildman–Crippen LogP) is 2.96. The monoisotopic (exact) mass is 278 g/mol. The first kappa shape index (κ1) is 13.3. The van der Waals surface area contributed by atoms with Crippen molar-refractivity contribution in [2.24, 2.45) is 0 Å². The summed E-state index contributed by atoms with van der Waals surface area (Å²) in [7, 11) is 1.41. The molecule has 0 bridgehead atoms. The standard InChI is InChI=1S/C18H16NO2/c1-21-18(20)17-11-15-9-5-6-10-16(15)13-19(17)12-14-7-3-2-4-8-14/h2-11,13H,12H2,1H3/q+1. The maximum atomic E-state index is 12.0. The van der Waals surface area contributed by atoms with Gasteiger partial charge in [-0.3, -0.25) is 0 Å². The molecule has 1 aromatic heterocycles. The Kier molecular flexibility index (Phi) is 3.65. The minimum Gasteiger partial charge on any atom is -0.461 e. The van der Waals surface area contributed by atoms with Crippen LogP contribution >= 0.6 is 0 Å². The molecule has 0 saturated carbocycles. The van der Waals surface area contributed by atoms with Crippen molar-refractivity contribution in [2.45, 2.75) is 6.54 Å². The third-order valence-corrected chi connectivity index (χ3v) is 3.48. The molecular weight excluding hydrogens is 262 g/mol. The minimum absolute atomic E-state index is 0.323. The Morgan fingerprint density at radius 3 is 2.38 bits per heavy atom. The number of ether oxygens (including phenoxy) is 1. The molecule has 0 atom stereocenters. The summed E-state index contributed by atoms with van der Waals surface area (Å²) in [6, 6.07) is 19.9. The lowest BCUT2D eigenvalue weighted by atomic mass is 10.1. The van der Waals surface area contributed by atoms with Crippen LogP contribution in [0.15, 0.2) is 66.9 Å². The van der Waals surface area contributed by atoms with Crippen molar-refractivity contribution in [1.82, 2.24) is 0 Å². The van der Waals surface area contributed by atoms with Crippen LogP contribution < -0.4 is 4.57 Å². The quantitative estimate of drug-likeness (QED) is 0.544. The average Bonchev–Trinajstić information content (AvgIpc) is 2.54. The minimum atomic E-state index is -0.323. The molecule has 0 amide bonds. The number of fused-ring (bicyclic) bond motifs is 1. The van der Waals surface area contributed by atoms with Crippen molar-refractivity contribution < 1.29 is 14.1 Å². The van der Waals surface area contributed by atoms with E-state index < -0.39 is 0 Å². The number of esters is 1. The van der Waals surface area contributed by atoms with Gasteiger partial charge in [-0.2, -0.15) is 4.57 Å². The molecule has 3 nitrogen and oxygen atoms in total. The first-order chi connectivity index (χ1) is 10.3. The van der Waals surface area contributed by atoms with Crippen molar-refractivity contribution >= 4 is 16.7 Å². The normalized spacial score (nSPS) is 10.5. The molecule has 0 aliphatic carbocycles. The highest BCUT2D eigenvalue weighted by Crippen LogP contribution is 2.13. The van der Waals surface area contributed by atoms with Crippen molar-refractivity contribution in [3.05, 3.63) is 78.1 Å². The lowest BCUT2D eigenvalue weighted by Crippen LogP contribution is -2.41. The van der Waals surface area contributed by atoms with Gasteiger partial charge < -0.3 is 4.74 Å². The number of hydrogen-bond donors (Lipinski definition) is 0. The van der Waals surface area contributed by atoms with Crippen LogP contribution in [-0.4, -0.2) is 13.1 Å². The zero-order valence-corrected chi connectivity index (χ0v) is 11.8. The number of nitrogens with zero attached hydrogens (tertiary/aromatic N) is 1. The lowest BCUT2D eigenvalue weighted by Gasteiger charge is -2.05. The maximum absolute atomic E-state index is 12.0. The van der Waals surface area contributed by atoms with Crippen molar-refractivity contribution in [1.29, 1.82) is 0 Å². The Morgan fingerprint density at radius 2 is 1.67 bits per heavy atom. The van der Waals surface area contributed by atoms with Crippen LogP contribution in [0, 0.1) is 0 Å². The molecule has 0 radical (unpaired) electrons. The van der Waals surface area contributed by atoms with Gasteiger partial charge in [-0.25, -0.2) is 4.79 Å². The van der Waals surface area contributed by atoms with Gasteiger partial charge in [0.2, 0.25) is 0 Å². The second-order valence-corrected chi connectivity index (χ2v) is 4.89. The van der Waals surface area contributed by atoms with Gasteiger partial charge in [-0.05, 0) is 11.5 Å². The number of carbonyl (C=O) groups excluding carboxylic acids is 1. The molecular formula is C18H16NO2+. The molecule has 2 aromatic carbocycles. The van der Waals surface area contributed by atoms with E-state index in [2.05, 4.69) is 0 Å². The summed E-state index contributed by atoms with van der Waals surface area (Å²) in [5.41, 5.74) is 1.70. The van der Waals surface area contributed by atoms with E-state index in [1.165, 1.54) is 7.11 Å². The fourth-order valence-electron chi connectivity index (χ4n) is 2.42. The van der Waals surface area contributed by atoms with Crippen molar-refractivity contribution in [3.63, 3.8) is 0 Å². The van der Waals surface area contributed by atoms with Crippen LogP contribution in [0.2, 0.25) is 0 Å². The molecule has 21 heavy (non-hydrogen) atoms. The van der Waals surface area contributed by atoms with E-state index >= 15 is 0 Å². The molecule has 0 unspecified atom stereocenters. The van der Waals surface area contributed by atoms with E-state index in [1.54, 1.807) is 0 Å². The van der Waals surface area contributed by atoms with E-state index in [9.17, 15) is 4.79 Å². The Bertz CT molecular complexity index is 782. The smallest absolute Gasteiger partial charge is 0.403 e. The summed E-state index contributed by atoms with van der Waals surface area (Å²) in [6.07, 6.45) is 1.99. The van der Waals surface area contributed by atoms with Crippen LogP contribution in [0.4, 0.5) is 0 Å². The van der Waals surface area contributed by atoms with Crippen LogP contribution in [0.5, 0.6) is 0 Å². The van der Waals surface area contributed by atoms with Crippen molar-refractivity contribution in [3.8, 4) is 0 Å².